The number of ether oxygens (including phenoxy) is 1. The molecule has 2 aliphatic rings. The topological polar surface area (TPSA) is 52.9 Å². The van der Waals surface area contributed by atoms with Crippen molar-refractivity contribution < 1.29 is 14.9 Å². The van der Waals surface area contributed by atoms with Crippen molar-refractivity contribution in [3.63, 3.8) is 0 Å². The van der Waals surface area contributed by atoms with Crippen LogP contribution >= 0.6 is 0 Å². The predicted octanol–water partition coefficient (Wildman–Crippen LogP) is 3.52. The van der Waals surface area contributed by atoms with Crippen LogP contribution in [-0.4, -0.2) is 35.3 Å². The van der Waals surface area contributed by atoms with Crippen LogP contribution in [0.4, 0.5) is 0 Å². The molecule has 0 aromatic heterocycles. The number of aromatic hydroxyl groups is 1. The summed E-state index contributed by atoms with van der Waals surface area (Å²) >= 11 is 0. The van der Waals surface area contributed by atoms with Gasteiger partial charge in [-0.1, -0.05) is 30.3 Å². The third kappa shape index (κ3) is 3.08. The largest absolute Gasteiger partial charge is 0.508 e. The van der Waals surface area contributed by atoms with Crippen LogP contribution in [0, 0.1) is 11.8 Å². The summed E-state index contributed by atoms with van der Waals surface area (Å²) in [6.45, 7) is 2.68. The van der Waals surface area contributed by atoms with Crippen molar-refractivity contribution in [3.8, 4) is 11.5 Å². The Balaban J connectivity index is 1.58. The van der Waals surface area contributed by atoms with E-state index < -0.39 is 5.60 Å². The Morgan fingerprint density at radius 1 is 1.15 bits per heavy atom. The van der Waals surface area contributed by atoms with Gasteiger partial charge in [0.05, 0.1) is 12.7 Å². The van der Waals surface area contributed by atoms with E-state index in [1.165, 1.54) is 6.42 Å². The number of phenolic OH excluding ortho intramolecular Hbond substituents is 1. The molecule has 1 aliphatic carbocycles. The van der Waals surface area contributed by atoms with E-state index in [1.807, 2.05) is 42.5 Å². The number of hydrogen-bond donors (Lipinski definition) is 2. The second kappa shape index (κ2) is 6.93. The van der Waals surface area contributed by atoms with E-state index in [4.69, 9.17) is 4.74 Å². The number of hydrogen-bond acceptors (Lipinski definition) is 4. The van der Waals surface area contributed by atoms with Crippen molar-refractivity contribution in [2.45, 2.75) is 31.4 Å². The fraction of sp³-hybridized carbons (Fsp3) is 0.455. The molecule has 2 aromatic rings. The van der Waals surface area contributed by atoms with Crippen molar-refractivity contribution in [1.82, 2.24) is 4.90 Å². The molecule has 1 heterocycles. The summed E-state index contributed by atoms with van der Waals surface area (Å²) in [5, 5.41) is 21.4. The molecule has 0 unspecified atom stereocenters. The lowest BCUT2D eigenvalue weighted by Crippen LogP contribution is -2.43. The number of benzene rings is 2. The average Bonchev–Trinajstić information content (AvgIpc) is 3.06. The molecule has 3 atom stereocenters. The molecule has 0 radical (unpaired) electrons. The number of fused-ring (bicyclic) bond motifs is 1. The highest BCUT2D eigenvalue weighted by molar-refractivity contribution is 5.39. The normalized spacial score (nSPS) is 28.7. The van der Waals surface area contributed by atoms with Crippen LogP contribution in [0.2, 0.25) is 0 Å². The molecule has 1 saturated heterocycles. The molecule has 2 N–H and O–H groups in total. The van der Waals surface area contributed by atoms with Crippen LogP contribution in [0.5, 0.6) is 11.5 Å². The molecule has 0 amide bonds. The van der Waals surface area contributed by atoms with Crippen LogP contribution in [0.3, 0.4) is 0 Å². The monoisotopic (exact) mass is 353 g/mol. The maximum Gasteiger partial charge on any atom is 0.124 e. The standard InChI is InChI=1S/C22H27NO3/c1-26-21-10-3-2-9-19(21)22(25)11-5-7-17-14-23(15-20(17)22)13-16-6-4-8-18(24)12-16/h2-4,6,8-10,12,17,20,24-25H,5,7,11,13-15H2,1H3/t17-,20-,22+/m0/s1. The molecule has 4 nitrogen and oxygen atoms in total. The smallest absolute Gasteiger partial charge is 0.124 e. The molecular weight excluding hydrogens is 326 g/mol. The number of rotatable bonds is 4. The first-order chi connectivity index (χ1) is 12.6. The van der Waals surface area contributed by atoms with Gasteiger partial charge in [0.15, 0.2) is 0 Å². The van der Waals surface area contributed by atoms with Crippen molar-refractivity contribution >= 4 is 0 Å². The molecule has 2 aromatic carbocycles. The molecule has 1 aliphatic heterocycles. The van der Waals surface area contributed by atoms with Gasteiger partial charge in [0.1, 0.15) is 11.5 Å². The quantitative estimate of drug-likeness (QED) is 0.883. The maximum atomic E-state index is 11.7. The van der Waals surface area contributed by atoms with Gasteiger partial charge in [0.2, 0.25) is 0 Å². The third-order valence-corrected chi connectivity index (χ3v) is 6.15. The van der Waals surface area contributed by atoms with Crippen LogP contribution in [0.15, 0.2) is 48.5 Å². The molecule has 1 saturated carbocycles. The number of aliphatic hydroxyl groups is 1. The first-order valence-corrected chi connectivity index (χ1v) is 9.46. The Morgan fingerprint density at radius 3 is 2.81 bits per heavy atom. The van der Waals surface area contributed by atoms with Gasteiger partial charge in [-0.15, -0.1) is 0 Å². The fourth-order valence-corrected chi connectivity index (χ4v) is 4.99. The number of nitrogens with zero attached hydrogens (tertiary/aromatic N) is 1. The summed E-state index contributed by atoms with van der Waals surface area (Å²) in [5.41, 5.74) is 1.21. The Labute approximate surface area is 155 Å². The molecule has 4 heteroatoms. The van der Waals surface area contributed by atoms with Crippen LogP contribution in [0.1, 0.15) is 30.4 Å². The lowest BCUT2D eigenvalue weighted by atomic mass is 9.67. The first kappa shape index (κ1) is 17.4. The van der Waals surface area contributed by atoms with E-state index in [0.29, 0.717) is 11.7 Å². The Hall–Kier alpha value is -2.04. The lowest BCUT2D eigenvalue weighted by molar-refractivity contribution is -0.0662. The van der Waals surface area contributed by atoms with Gasteiger partial charge >= 0.3 is 0 Å². The Morgan fingerprint density at radius 2 is 2.00 bits per heavy atom. The van der Waals surface area contributed by atoms with Gasteiger partial charge in [-0.05, 0) is 48.9 Å². The maximum absolute atomic E-state index is 11.7. The van der Waals surface area contributed by atoms with E-state index in [-0.39, 0.29) is 5.92 Å². The zero-order valence-electron chi connectivity index (χ0n) is 15.3. The minimum Gasteiger partial charge on any atom is -0.508 e. The molecule has 0 bridgehead atoms. The van der Waals surface area contributed by atoms with E-state index in [1.54, 1.807) is 13.2 Å². The summed E-state index contributed by atoms with van der Waals surface area (Å²) in [6.07, 6.45) is 2.99. The highest BCUT2D eigenvalue weighted by atomic mass is 16.5. The predicted molar refractivity (Wildman–Crippen MR) is 101 cm³/mol. The minimum atomic E-state index is -0.830. The van der Waals surface area contributed by atoms with Crippen molar-refractivity contribution in [1.29, 1.82) is 0 Å². The molecule has 0 spiro atoms. The number of methoxy groups -OCH3 is 1. The van der Waals surface area contributed by atoms with Gasteiger partial charge in [-0.3, -0.25) is 4.90 Å². The zero-order chi connectivity index (χ0) is 18.1. The summed E-state index contributed by atoms with van der Waals surface area (Å²) in [5.74, 6) is 1.80. The van der Waals surface area contributed by atoms with E-state index in [0.717, 1.165) is 49.4 Å². The highest BCUT2D eigenvalue weighted by Gasteiger charge is 2.50. The van der Waals surface area contributed by atoms with Crippen LogP contribution in [0.25, 0.3) is 0 Å². The van der Waals surface area contributed by atoms with Crippen LogP contribution < -0.4 is 4.74 Å². The summed E-state index contributed by atoms with van der Waals surface area (Å²) in [4.78, 5) is 2.41. The SMILES string of the molecule is COc1ccccc1[C@]1(O)CCC[C@H]2CN(Cc3cccc(O)c3)C[C@@H]21. The van der Waals surface area contributed by atoms with Crippen molar-refractivity contribution in [2.75, 3.05) is 20.2 Å². The number of likely N-dealkylation sites (tertiary alicyclic amines) is 1. The average molecular weight is 353 g/mol. The van der Waals surface area contributed by atoms with E-state index in [9.17, 15) is 10.2 Å². The first-order valence-electron chi connectivity index (χ1n) is 9.46. The molecule has 138 valence electrons. The van der Waals surface area contributed by atoms with Gasteiger partial charge < -0.3 is 14.9 Å². The highest BCUT2D eigenvalue weighted by Crippen LogP contribution is 2.50. The van der Waals surface area contributed by atoms with Crippen molar-refractivity contribution in [2.24, 2.45) is 11.8 Å². The summed E-state index contributed by atoms with van der Waals surface area (Å²) in [6, 6.07) is 15.4. The number of phenols is 1. The van der Waals surface area contributed by atoms with E-state index in [2.05, 4.69) is 4.90 Å². The van der Waals surface area contributed by atoms with E-state index >= 15 is 0 Å². The van der Waals surface area contributed by atoms with Gasteiger partial charge in [0.25, 0.3) is 0 Å². The summed E-state index contributed by atoms with van der Waals surface area (Å²) in [7, 11) is 1.67. The third-order valence-electron chi connectivity index (χ3n) is 6.15. The molecule has 4 rings (SSSR count). The minimum absolute atomic E-state index is 0.213. The Bertz CT molecular complexity index is 777. The zero-order valence-corrected chi connectivity index (χ0v) is 15.3. The van der Waals surface area contributed by atoms with Gasteiger partial charge in [-0.2, -0.15) is 0 Å². The van der Waals surface area contributed by atoms with Crippen molar-refractivity contribution in [3.05, 3.63) is 59.7 Å². The van der Waals surface area contributed by atoms with Crippen LogP contribution in [-0.2, 0) is 12.1 Å². The van der Waals surface area contributed by atoms with Gasteiger partial charge in [-0.25, -0.2) is 0 Å². The lowest BCUT2D eigenvalue weighted by Gasteiger charge is -2.42. The number of para-hydroxylation sites is 1. The molecule has 2 fully saturated rings. The second-order valence-electron chi connectivity index (χ2n) is 7.75. The molecule has 26 heavy (non-hydrogen) atoms. The second-order valence-corrected chi connectivity index (χ2v) is 7.75. The summed E-state index contributed by atoms with van der Waals surface area (Å²) < 4.78 is 5.55. The molecular formula is C22H27NO3. The fourth-order valence-electron chi connectivity index (χ4n) is 4.99. The Kier molecular flexibility index (Phi) is 4.63. The van der Waals surface area contributed by atoms with Gasteiger partial charge in [0, 0.05) is 31.1 Å².